The number of benzene rings is 2. The molecule has 3 aromatic rings. The van der Waals surface area contributed by atoms with E-state index in [9.17, 15) is 4.79 Å². The van der Waals surface area contributed by atoms with Gasteiger partial charge >= 0.3 is 0 Å². The van der Waals surface area contributed by atoms with Crippen molar-refractivity contribution in [3.05, 3.63) is 42.0 Å². The van der Waals surface area contributed by atoms with Crippen molar-refractivity contribution in [2.45, 2.75) is 0 Å². The molecule has 2 aromatic carbocycles. The van der Waals surface area contributed by atoms with Gasteiger partial charge in [0.2, 0.25) is 0 Å². The third kappa shape index (κ3) is 4.13. The minimum atomic E-state index is -0.0959. The van der Waals surface area contributed by atoms with Crippen LogP contribution >= 0.6 is 11.3 Å². The predicted octanol–water partition coefficient (Wildman–Crippen LogP) is 1.87. The maximum absolute atomic E-state index is 13.3. The van der Waals surface area contributed by atoms with E-state index in [1.165, 1.54) is 16.2 Å². The van der Waals surface area contributed by atoms with Gasteiger partial charge in [0.1, 0.15) is 19.0 Å². The Kier molecular flexibility index (Phi) is 5.55. The fourth-order valence-electron chi connectivity index (χ4n) is 3.10. The maximum Gasteiger partial charge on any atom is 0.260 e. The minimum Gasteiger partial charge on any atom is -0.497 e. The topological polar surface area (TPSA) is 65.3 Å². The third-order valence-electron chi connectivity index (χ3n) is 4.67. The van der Waals surface area contributed by atoms with Gasteiger partial charge in [0.25, 0.3) is 5.91 Å². The first-order chi connectivity index (χ1) is 14.0. The van der Waals surface area contributed by atoms with Crippen LogP contribution in [0.3, 0.4) is 0 Å². The molecule has 0 unspecified atom stereocenters. The Bertz CT molecular complexity index is 991. The Morgan fingerprint density at radius 3 is 2.69 bits per heavy atom. The molecule has 8 heteroatoms. The van der Waals surface area contributed by atoms with Crippen LogP contribution in [0.25, 0.3) is 10.2 Å². The van der Waals surface area contributed by atoms with Gasteiger partial charge in [-0.05, 0) is 18.2 Å². The molecule has 0 radical (unpaired) electrons. The summed E-state index contributed by atoms with van der Waals surface area (Å²) in [7, 11) is 5.72. The molecular weight excluding hydrogens is 390 g/mol. The van der Waals surface area contributed by atoms with Crippen LogP contribution in [0.1, 0.15) is 10.4 Å². The fourth-order valence-corrected chi connectivity index (χ4v) is 4.10. The summed E-state index contributed by atoms with van der Waals surface area (Å²) in [6.45, 7) is 2.43. The van der Waals surface area contributed by atoms with Crippen molar-refractivity contribution in [1.82, 2.24) is 4.98 Å². The van der Waals surface area contributed by atoms with Crippen LogP contribution in [-0.4, -0.2) is 58.4 Å². The van der Waals surface area contributed by atoms with Crippen LogP contribution in [0, 0.1) is 0 Å². The highest BCUT2D eigenvalue weighted by atomic mass is 32.1. The molecule has 152 valence electrons. The zero-order chi connectivity index (χ0) is 20.4. The number of likely N-dealkylation sites (N-methyl/N-ethyl adjacent to an activating group) is 1. The molecule has 0 atom stereocenters. The van der Waals surface area contributed by atoms with Crippen LogP contribution in [0.2, 0.25) is 0 Å². The molecule has 4 rings (SSSR count). The molecule has 0 spiro atoms. The lowest BCUT2D eigenvalue weighted by Gasteiger charge is -2.21. The monoisotopic (exact) mass is 414 g/mol. The van der Waals surface area contributed by atoms with E-state index in [-0.39, 0.29) is 5.91 Å². The van der Waals surface area contributed by atoms with Gasteiger partial charge in [-0.2, -0.15) is 0 Å². The highest BCUT2D eigenvalue weighted by Gasteiger charge is 2.24. The van der Waals surface area contributed by atoms with E-state index in [0.29, 0.717) is 42.0 Å². The van der Waals surface area contributed by atoms with E-state index in [2.05, 4.69) is 14.1 Å². The molecule has 1 N–H and O–H groups in total. The lowest BCUT2D eigenvalue weighted by Crippen LogP contribution is -3.06. The van der Waals surface area contributed by atoms with Crippen molar-refractivity contribution in [2.75, 3.05) is 52.4 Å². The molecule has 1 aromatic heterocycles. The van der Waals surface area contributed by atoms with Crippen molar-refractivity contribution < 1.29 is 23.9 Å². The molecule has 0 saturated carbocycles. The van der Waals surface area contributed by atoms with Gasteiger partial charge in [-0.15, -0.1) is 0 Å². The highest BCUT2D eigenvalue weighted by Crippen LogP contribution is 2.39. The second kappa shape index (κ2) is 8.26. The number of hydrogen-bond donors (Lipinski definition) is 1. The summed E-state index contributed by atoms with van der Waals surface area (Å²) in [5.74, 6) is 1.98. The summed E-state index contributed by atoms with van der Waals surface area (Å²) in [5.41, 5.74) is 1.37. The number of hydrogen-bond acceptors (Lipinski definition) is 6. The molecule has 1 aliphatic heterocycles. The van der Waals surface area contributed by atoms with Crippen molar-refractivity contribution in [1.29, 1.82) is 0 Å². The highest BCUT2D eigenvalue weighted by molar-refractivity contribution is 7.22. The second-order valence-electron chi connectivity index (χ2n) is 7.11. The van der Waals surface area contributed by atoms with Crippen LogP contribution in [-0.2, 0) is 0 Å². The molecular formula is C21H24N3O4S+. The normalized spacial score (nSPS) is 13.0. The molecule has 0 aliphatic carbocycles. The quantitative estimate of drug-likeness (QED) is 0.667. The molecule has 1 amide bonds. The molecule has 2 heterocycles. The Balaban J connectivity index is 1.71. The van der Waals surface area contributed by atoms with Gasteiger partial charge in [0, 0.05) is 17.7 Å². The number of carbonyl (C=O) groups is 1. The summed E-state index contributed by atoms with van der Waals surface area (Å²) in [6, 6.07) is 11.0. The fraction of sp³-hybridized carbons (Fsp3) is 0.333. The van der Waals surface area contributed by atoms with Gasteiger partial charge in [-0.25, -0.2) is 4.98 Å². The Hall–Kier alpha value is -2.84. The number of anilines is 1. The summed E-state index contributed by atoms with van der Waals surface area (Å²) >= 11 is 1.48. The van der Waals surface area contributed by atoms with Gasteiger partial charge < -0.3 is 19.1 Å². The van der Waals surface area contributed by atoms with E-state index in [4.69, 9.17) is 19.2 Å². The minimum absolute atomic E-state index is 0.0959. The van der Waals surface area contributed by atoms with Crippen LogP contribution < -0.4 is 24.0 Å². The van der Waals surface area contributed by atoms with Crippen molar-refractivity contribution in [2.24, 2.45) is 0 Å². The summed E-state index contributed by atoms with van der Waals surface area (Å²) in [4.78, 5) is 21.1. The summed E-state index contributed by atoms with van der Waals surface area (Å²) in [6.07, 6.45) is 0. The number of thiazole rings is 1. The molecule has 7 nitrogen and oxygen atoms in total. The third-order valence-corrected chi connectivity index (χ3v) is 5.71. The lowest BCUT2D eigenvalue weighted by atomic mass is 10.2. The number of aromatic nitrogens is 1. The average molecular weight is 415 g/mol. The Morgan fingerprint density at radius 1 is 1.21 bits per heavy atom. The zero-order valence-electron chi connectivity index (χ0n) is 16.7. The first-order valence-corrected chi connectivity index (χ1v) is 10.3. The summed E-state index contributed by atoms with van der Waals surface area (Å²) in [5, 5.41) is 0.663. The number of ether oxygens (including phenoxy) is 3. The number of quaternary nitrogens is 1. The van der Waals surface area contributed by atoms with Crippen LogP contribution in [0.4, 0.5) is 5.13 Å². The van der Waals surface area contributed by atoms with Gasteiger partial charge in [-0.1, -0.05) is 17.4 Å². The number of nitrogens with one attached hydrogen (secondary N) is 1. The van der Waals surface area contributed by atoms with Crippen molar-refractivity contribution in [3.63, 3.8) is 0 Å². The van der Waals surface area contributed by atoms with Crippen LogP contribution in [0.5, 0.6) is 17.2 Å². The van der Waals surface area contributed by atoms with E-state index in [1.54, 1.807) is 24.1 Å². The van der Waals surface area contributed by atoms with Crippen LogP contribution in [0.15, 0.2) is 36.4 Å². The number of carbonyl (C=O) groups excluding carboxylic acids is 1. The number of methoxy groups -OCH3 is 1. The number of fused-ring (bicyclic) bond motifs is 2. The number of nitrogens with zero attached hydrogens (tertiary/aromatic N) is 2. The lowest BCUT2D eigenvalue weighted by molar-refractivity contribution is -0.856. The van der Waals surface area contributed by atoms with Crippen molar-refractivity contribution >= 4 is 32.6 Å². The SMILES string of the molecule is COc1cccc(C(=O)N(CC[NH+](C)C)c2nc3cc4c(cc3s2)OCCO4)c1. The van der Waals surface area contributed by atoms with Gasteiger partial charge in [0.15, 0.2) is 16.6 Å². The number of rotatable bonds is 6. The van der Waals surface area contributed by atoms with E-state index >= 15 is 0 Å². The number of amides is 1. The smallest absolute Gasteiger partial charge is 0.260 e. The first-order valence-electron chi connectivity index (χ1n) is 9.50. The maximum atomic E-state index is 13.3. The van der Waals surface area contributed by atoms with E-state index in [1.807, 2.05) is 24.3 Å². The second-order valence-corrected chi connectivity index (χ2v) is 8.11. The molecule has 0 bridgehead atoms. The molecule has 29 heavy (non-hydrogen) atoms. The first kappa shape index (κ1) is 19.5. The summed E-state index contributed by atoms with van der Waals surface area (Å²) < 4.78 is 17.6. The average Bonchev–Trinajstić information content (AvgIpc) is 3.14. The molecule has 1 aliphatic rings. The van der Waals surface area contributed by atoms with E-state index < -0.39 is 0 Å². The van der Waals surface area contributed by atoms with Gasteiger partial charge in [0.05, 0.1) is 44.5 Å². The molecule has 0 fully saturated rings. The Labute approximate surface area is 173 Å². The van der Waals surface area contributed by atoms with Gasteiger partial charge in [-0.3, -0.25) is 9.69 Å². The van der Waals surface area contributed by atoms with Crippen molar-refractivity contribution in [3.8, 4) is 17.2 Å². The van der Waals surface area contributed by atoms with E-state index in [0.717, 1.165) is 22.5 Å². The standard InChI is InChI=1S/C21H23N3O4S/c1-23(2)7-8-24(20(25)14-5-4-6-15(11-14)26-3)21-22-16-12-17-18(13-19(16)29-21)28-10-9-27-17/h4-6,11-13H,7-10H2,1-3H3/p+1. The Morgan fingerprint density at radius 2 is 1.97 bits per heavy atom. The molecule has 0 saturated heterocycles. The largest absolute Gasteiger partial charge is 0.497 e. The predicted molar refractivity (Wildman–Crippen MR) is 113 cm³/mol. The zero-order valence-corrected chi connectivity index (χ0v) is 17.5.